The first-order valence-corrected chi connectivity index (χ1v) is 10.8. The summed E-state index contributed by atoms with van der Waals surface area (Å²) in [7, 11) is -0.450. The summed E-state index contributed by atoms with van der Waals surface area (Å²) in [5.74, 6) is -0.0835. The van der Waals surface area contributed by atoms with Crippen LogP contribution in [-0.4, -0.2) is 50.7 Å². The van der Waals surface area contributed by atoms with E-state index >= 15 is 0 Å². The Morgan fingerprint density at radius 2 is 1.79 bits per heavy atom. The lowest BCUT2D eigenvalue weighted by molar-refractivity contribution is -0.117. The highest BCUT2D eigenvalue weighted by atomic mass is 32.2. The maximum atomic E-state index is 12.5. The Morgan fingerprint density at radius 3 is 2.43 bits per heavy atom. The number of nitrogens with zero attached hydrogens (tertiary/aromatic N) is 2. The van der Waals surface area contributed by atoms with E-state index in [1.807, 2.05) is 42.2 Å². The zero-order valence-electron chi connectivity index (χ0n) is 17.0. The van der Waals surface area contributed by atoms with Gasteiger partial charge in [-0.3, -0.25) is 9.69 Å². The highest BCUT2D eigenvalue weighted by Gasteiger charge is 2.18. The summed E-state index contributed by atoms with van der Waals surface area (Å²) in [4.78, 5) is 14.8. The predicted octanol–water partition coefficient (Wildman–Crippen LogP) is 3.10. The summed E-state index contributed by atoms with van der Waals surface area (Å²) in [6.07, 6.45) is 0.896. The van der Waals surface area contributed by atoms with Crippen LogP contribution in [0.25, 0.3) is 0 Å². The molecule has 0 spiro atoms. The molecule has 2 rings (SSSR count). The van der Waals surface area contributed by atoms with Gasteiger partial charge in [0.05, 0.1) is 11.4 Å². The highest BCUT2D eigenvalue weighted by Crippen LogP contribution is 2.17. The Labute approximate surface area is 168 Å². The minimum atomic E-state index is -3.48. The number of amides is 1. The molecule has 0 unspecified atom stereocenters. The highest BCUT2D eigenvalue weighted by molar-refractivity contribution is 7.89. The maximum absolute atomic E-state index is 12.5. The lowest BCUT2D eigenvalue weighted by Gasteiger charge is -2.22. The molecule has 0 aromatic heterocycles. The molecule has 28 heavy (non-hydrogen) atoms. The molecule has 152 valence electrons. The third kappa shape index (κ3) is 5.89. The molecular formula is C21H29N3O3S. The molecule has 0 aliphatic carbocycles. The smallest absolute Gasteiger partial charge is 0.242 e. The number of carbonyl (C=O) groups is 1. The van der Waals surface area contributed by atoms with Gasteiger partial charge in [-0.25, -0.2) is 12.7 Å². The molecule has 2 aromatic rings. The van der Waals surface area contributed by atoms with Crippen molar-refractivity contribution in [3.8, 4) is 0 Å². The standard InChI is InChI=1S/C21H29N3O3S/c1-5-13-24(16-21(25)22-20-12-7-6-9-17(20)2)15-18-10-8-11-19(14-18)28(26,27)23(3)4/h6-12,14H,5,13,15-16H2,1-4H3,(H,22,25). The number of hydrogen-bond acceptors (Lipinski definition) is 4. The second kappa shape index (κ2) is 9.82. The van der Waals surface area contributed by atoms with Crippen LogP contribution in [0.2, 0.25) is 0 Å². The Hall–Kier alpha value is -2.22. The molecule has 0 saturated carbocycles. The molecule has 0 aliphatic rings. The first-order chi connectivity index (χ1) is 13.2. The summed E-state index contributed by atoms with van der Waals surface area (Å²) in [5.41, 5.74) is 2.68. The van der Waals surface area contributed by atoms with Crippen LogP contribution in [0.3, 0.4) is 0 Å². The number of anilines is 1. The van der Waals surface area contributed by atoms with Crippen molar-refractivity contribution in [2.75, 3.05) is 32.5 Å². The summed E-state index contributed by atoms with van der Waals surface area (Å²) in [6.45, 7) is 5.50. The Kier molecular flexibility index (Phi) is 7.74. The normalized spacial score (nSPS) is 11.8. The first kappa shape index (κ1) is 22.1. The van der Waals surface area contributed by atoms with Crippen molar-refractivity contribution >= 4 is 21.6 Å². The fourth-order valence-electron chi connectivity index (χ4n) is 2.91. The lowest BCUT2D eigenvalue weighted by Crippen LogP contribution is -2.33. The van der Waals surface area contributed by atoms with E-state index in [9.17, 15) is 13.2 Å². The maximum Gasteiger partial charge on any atom is 0.242 e. The van der Waals surface area contributed by atoms with Crippen LogP contribution >= 0.6 is 0 Å². The minimum Gasteiger partial charge on any atom is -0.325 e. The van der Waals surface area contributed by atoms with Gasteiger partial charge < -0.3 is 5.32 Å². The second-order valence-electron chi connectivity index (χ2n) is 7.01. The van der Waals surface area contributed by atoms with Gasteiger partial charge in [0, 0.05) is 26.3 Å². The largest absolute Gasteiger partial charge is 0.325 e. The molecule has 2 aromatic carbocycles. The van der Waals surface area contributed by atoms with Gasteiger partial charge in [-0.1, -0.05) is 37.3 Å². The lowest BCUT2D eigenvalue weighted by atomic mass is 10.2. The molecule has 0 radical (unpaired) electrons. The average Bonchev–Trinajstić information content (AvgIpc) is 2.64. The Balaban J connectivity index is 2.10. The van der Waals surface area contributed by atoms with Crippen LogP contribution in [0.1, 0.15) is 24.5 Å². The molecule has 0 bridgehead atoms. The quantitative estimate of drug-likeness (QED) is 0.699. The van der Waals surface area contributed by atoms with Crippen LogP contribution < -0.4 is 5.32 Å². The van der Waals surface area contributed by atoms with Gasteiger partial charge in [0.25, 0.3) is 0 Å². The van der Waals surface area contributed by atoms with Gasteiger partial charge in [-0.05, 0) is 49.2 Å². The zero-order chi connectivity index (χ0) is 20.7. The third-order valence-corrected chi connectivity index (χ3v) is 6.22. The van der Waals surface area contributed by atoms with Crippen molar-refractivity contribution in [1.29, 1.82) is 0 Å². The third-order valence-electron chi connectivity index (χ3n) is 4.41. The molecule has 1 N–H and O–H groups in total. The number of aryl methyl sites for hydroxylation is 1. The molecule has 7 heteroatoms. The zero-order valence-corrected chi connectivity index (χ0v) is 17.8. The van der Waals surface area contributed by atoms with Gasteiger partial charge >= 0.3 is 0 Å². The summed E-state index contributed by atoms with van der Waals surface area (Å²) >= 11 is 0. The number of benzene rings is 2. The number of sulfonamides is 1. The van der Waals surface area contributed by atoms with Gasteiger partial charge in [0.2, 0.25) is 15.9 Å². The van der Waals surface area contributed by atoms with E-state index in [0.717, 1.165) is 29.8 Å². The molecule has 0 saturated heterocycles. The Morgan fingerprint density at radius 1 is 1.07 bits per heavy atom. The fourth-order valence-corrected chi connectivity index (χ4v) is 3.88. The fraction of sp³-hybridized carbons (Fsp3) is 0.381. The molecule has 6 nitrogen and oxygen atoms in total. The van der Waals surface area contributed by atoms with E-state index in [-0.39, 0.29) is 17.3 Å². The van der Waals surface area contributed by atoms with E-state index in [2.05, 4.69) is 12.2 Å². The summed E-state index contributed by atoms with van der Waals surface area (Å²) < 4.78 is 25.9. The molecule has 0 aliphatic heterocycles. The minimum absolute atomic E-state index is 0.0835. The average molecular weight is 404 g/mol. The topological polar surface area (TPSA) is 69.7 Å². The number of hydrogen-bond donors (Lipinski definition) is 1. The van der Waals surface area contributed by atoms with Crippen molar-refractivity contribution in [2.45, 2.75) is 31.7 Å². The Bertz CT molecular complexity index is 911. The van der Waals surface area contributed by atoms with E-state index in [0.29, 0.717) is 6.54 Å². The van der Waals surface area contributed by atoms with Crippen LogP contribution in [0.4, 0.5) is 5.69 Å². The molecular weight excluding hydrogens is 374 g/mol. The van der Waals surface area contributed by atoms with Crippen molar-refractivity contribution in [1.82, 2.24) is 9.21 Å². The number of nitrogens with one attached hydrogen (secondary N) is 1. The van der Waals surface area contributed by atoms with Crippen LogP contribution in [0.15, 0.2) is 53.4 Å². The number of carbonyl (C=O) groups excluding carboxylic acids is 1. The summed E-state index contributed by atoms with van der Waals surface area (Å²) in [6, 6.07) is 14.6. The van der Waals surface area contributed by atoms with Gasteiger partial charge in [0.1, 0.15) is 0 Å². The molecule has 1 amide bonds. The number of para-hydroxylation sites is 1. The number of rotatable bonds is 9. The molecule has 0 fully saturated rings. The van der Waals surface area contributed by atoms with Crippen molar-refractivity contribution < 1.29 is 13.2 Å². The van der Waals surface area contributed by atoms with Gasteiger partial charge in [-0.2, -0.15) is 0 Å². The van der Waals surface area contributed by atoms with Crippen LogP contribution in [0.5, 0.6) is 0 Å². The molecule has 0 atom stereocenters. The van der Waals surface area contributed by atoms with Gasteiger partial charge in [-0.15, -0.1) is 0 Å². The SMILES string of the molecule is CCCN(CC(=O)Nc1ccccc1C)Cc1cccc(S(=O)(=O)N(C)C)c1. The second-order valence-corrected chi connectivity index (χ2v) is 9.16. The van der Waals surface area contributed by atoms with Crippen LogP contribution in [0, 0.1) is 6.92 Å². The molecule has 0 heterocycles. The van der Waals surface area contributed by atoms with Crippen LogP contribution in [-0.2, 0) is 21.4 Å². The summed E-state index contributed by atoms with van der Waals surface area (Å²) in [5, 5.41) is 2.95. The van der Waals surface area contributed by atoms with Crippen molar-refractivity contribution in [2.24, 2.45) is 0 Å². The van der Waals surface area contributed by atoms with Crippen molar-refractivity contribution in [3.05, 3.63) is 59.7 Å². The van der Waals surface area contributed by atoms with E-state index < -0.39 is 10.0 Å². The van der Waals surface area contributed by atoms with Gasteiger partial charge in [0.15, 0.2) is 0 Å². The predicted molar refractivity (Wildman–Crippen MR) is 113 cm³/mol. The van der Waals surface area contributed by atoms with Crippen molar-refractivity contribution in [3.63, 3.8) is 0 Å². The first-order valence-electron chi connectivity index (χ1n) is 9.33. The van der Waals surface area contributed by atoms with E-state index in [4.69, 9.17) is 0 Å². The van der Waals surface area contributed by atoms with E-state index in [1.54, 1.807) is 18.2 Å². The van der Waals surface area contributed by atoms with E-state index in [1.165, 1.54) is 18.4 Å². The monoisotopic (exact) mass is 403 g/mol.